The SMILES string of the molecule is O.O=P(O)(O)O.[Na][c]1cccc2ccccc12. The Balaban J connectivity index is 0.000000373. The van der Waals surface area contributed by atoms with E-state index in [1.54, 1.807) is 0 Å². The van der Waals surface area contributed by atoms with Crippen LogP contribution in [0.2, 0.25) is 0 Å². The molecule has 0 amide bonds. The molecule has 0 fully saturated rings. The van der Waals surface area contributed by atoms with Crippen LogP contribution in [0.15, 0.2) is 42.5 Å². The molecule has 7 heteroatoms. The Morgan fingerprint density at radius 3 is 1.94 bits per heavy atom. The van der Waals surface area contributed by atoms with Crippen LogP contribution in [-0.4, -0.2) is 48.1 Å². The van der Waals surface area contributed by atoms with Crippen molar-refractivity contribution in [2.24, 2.45) is 0 Å². The molecular formula is C10H12NaO5P. The topological polar surface area (TPSA) is 109 Å². The monoisotopic (exact) mass is 266 g/mol. The first kappa shape index (κ1) is 16.8. The van der Waals surface area contributed by atoms with Crippen LogP contribution < -0.4 is 2.81 Å². The van der Waals surface area contributed by atoms with Crippen molar-refractivity contribution in [2.45, 2.75) is 0 Å². The second-order valence-corrected chi connectivity index (χ2v) is 5.41. The molecule has 0 aliphatic heterocycles. The van der Waals surface area contributed by atoms with Gasteiger partial charge in [0, 0.05) is 0 Å². The fraction of sp³-hybridized carbons (Fsp3) is 0. The molecule has 0 saturated carbocycles. The van der Waals surface area contributed by atoms with Crippen LogP contribution in [0.3, 0.4) is 0 Å². The fourth-order valence-corrected chi connectivity index (χ4v) is 2.04. The second kappa shape index (κ2) is 7.26. The molecule has 2 rings (SSSR count). The van der Waals surface area contributed by atoms with Crippen molar-refractivity contribution in [1.82, 2.24) is 0 Å². The van der Waals surface area contributed by atoms with Gasteiger partial charge in [-0.15, -0.1) is 0 Å². The average Bonchev–Trinajstić information content (AvgIpc) is 2.16. The van der Waals surface area contributed by atoms with Crippen molar-refractivity contribution in [3.63, 3.8) is 0 Å². The van der Waals surface area contributed by atoms with Crippen LogP contribution in [0.1, 0.15) is 0 Å². The Hall–Kier alpha value is -0.230. The van der Waals surface area contributed by atoms with E-state index in [1.807, 2.05) is 0 Å². The minimum absolute atomic E-state index is 0. The van der Waals surface area contributed by atoms with Crippen molar-refractivity contribution < 1.29 is 24.7 Å². The van der Waals surface area contributed by atoms with E-state index < -0.39 is 7.82 Å². The maximum absolute atomic E-state index is 8.88. The van der Waals surface area contributed by atoms with Gasteiger partial charge in [0.1, 0.15) is 0 Å². The van der Waals surface area contributed by atoms with Gasteiger partial charge in [-0.05, 0) is 0 Å². The Morgan fingerprint density at radius 1 is 0.941 bits per heavy atom. The molecule has 0 aliphatic carbocycles. The van der Waals surface area contributed by atoms with Crippen LogP contribution in [0.4, 0.5) is 0 Å². The van der Waals surface area contributed by atoms with Gasteiger partial charge < -0.3 is 20.2 Å². The molecule has 0 radical (unpaired) electrons. The molecule has 0 spiro atoms. The summed E-state index contributed by atoms with van der Waals surface area (Å²) in [6, 6.07) is 15.0. The molecule has 0 unspecified atom stereocenters. The van der Waals surface area contributed by atoms with Crippen molar-refractivity contribution in [2.75, 3.05) is 0 Å². The summed E-state index contributed by atoms with van der Waals surface area (Å²) >= 11 is 1.14. The van der Waals surface area contributed by atoms with E-state index in [0.29, 0.717) is 0 Å². The third-order valence-electron chi connectivity index (χ3n) is 2.01. The number of hydrogen-bond donors (Lipinski definition) is 3. The summed E-state index contributed by atoms with van der Waals surface area (Å²) in [7, 11) is -4.64. The predicted molar refractivity (Wildman–Crippen MR) is 67.2 cm³/mol. The molecule has 5 N–H and O–H groups in total. The van der Waals surface area contributed by atoms with E-state index in [4.69, 9.17) is 19.2 Å². The van der Waals surface area contributed by atoms with E-state index in [1.165, 1.54) is 13.6 Å². The molecule has 17 heavy (non-hydrogen) atoms. The predicted octanol–water partition coefficient (Wildman–Crippen LogP) is -0.120. The molecule has 0 atom stereocenters. The quantitative estimate of drug-likeness (QED) is 0.456. The molecular weight excluding hydrogens is 254 g/mol. The molecule has 0 bridgehead atoms. The van der Waals surface area contributed by atoms with Crippen LogP contribution in [0.5, 0.6) is 0 Å². The summed E-state index contributed by atoms with van der Waals surface area (Å²) in [5.41, 5.74) is 0. The molecule has 0 heterocycles. The summed E-state index contributed by atoms with van der Waals surface area (Å²) in [6.45, 7) is 0. The van der Waals surface area contributed by atoms with Crippen LogP contribution >= 0.6 is 7.82 Å². The molecule has 5 nitrogen and oxygen atoms in total. The number of hydrogen-bond acceptors (Lipinski definition) is 1. The first-order chi connectivity index (χ1) is 7.38. The summed E-state index contributed by atoms with van der Waals surface area (Å²) in [5.74, 6) is 0. The zero-order valence-electron chi connectivity index (χ0n) is 9.24. The van der Waals surface area contributed by atoms with Crippen molar-refractivity contribution in [3.8, 4) is 0 Å². The van der Waals surface area contributed by atoms with Gasteiger partial charge in [0.05, 0.1) is 0 Å². The second-order valence-electron chi connectivity index (χ2n) is 3.31. The van der Waals surface area contributed by atoms with Gasteiger partial charge >= 0.3 is 91.8 Å². The zero-order chi connectivity index (χ0) is 12.2. The Labute approximate surface area is 116 Å². The molecule has 0 saturated heterocycles. The molecule has 2 aromatic carbocycles. The van der Waals surface area contributed by atoms with Crippen LogP contribution in [0, 0.1) is 0 Å². The van der Waals surface area contributed by atoms with Gasteiger partial charge in [-0.25, -0.2) is 4.57 Å². The van der Waals surface area contributed by atoms with Gasteiger partial charge in [-0.3, -0.25) is 0 Å². The van der Waals surface area contributed by atoms with Crippen LogP contribution in [-0.2, 0) is 4.57 Å². The number of benzene rings is 2. The van der Waals surface area contributed by atoms with E-state index >= 15 is 0 Å². The van der Waals surface area contributed by atoms with Crippen LogP contribution in [0.25, 0.3) is 10.8 Å². The third-order valence-corrected chi connectivity index (χ3v) is 2.88. The van der Waals surface area contributed by atoms with Gasteiger partial charge in [0.2, 0.25) is 0 Å². The van der Waals surface area contributed by atoms with E-state index in [0.717, 1.165) is 27.9 Å². The summed E-state index contributed by atoms with van der Waals surface area (Å²) in [5, 5.41) is 2.78. The normalized spacial score (nSPS) is 10.2. The van der Waals surface area contributed by atoms with Crippen molar-refractivity contribution in [1.29, 1.82) is 0 Å². The summed E-state index contributed by atoms with van der Waals surface area (Å²) in [4.78, 5) is 21.6. The van der Waals surface area contributed by atoms with Crippen molar-refractivity contribution >= 4 is 49.3 Å². The summed E-state index contributed by atoms with van der Waals surface area (Å²) in [6.07, 6.45) is 0. The van der Waals surface area contributed by atoms with Crippen molar-refractivity contribution in [3.05, 3.63) is 42.5 Å². The number of phosphoric acid groups is 1. The first-order valence-electron chi connectivity index (χ1n) is 4.60. The van der Waals surface area contributed by atoms with Gasteiger partial charge in [-0.2, -0.15) is 0 Å². The Morgan fingerprint density at radius 2 is 1.41 bits per heavy atom. The van der Waals surface area contributed by atoms with Gasteiger partial charge in [-0.1, -0.05) is 0 Å². The molecule has 0 aliphatic rings. The standard InChI is InChI=1S/C10H7.Na.H3O4P.H2O/c1-2-6-10-8-4-3-7-9(10)5-1;;1-5(2,3)4;/h1-7H;;(H3,1,2,3,4);1H2. The zero-order valence-corrected chi connectivity index (χ0v) is 12.1. The molecule has 88 valence electrons. The summed E-state index contributed by atoms with van der Waals surface area (Å²) < 4.78 is 10.4. The Kier molecular flexibility index (Phi) is 7.16. The maximum atomic E-state index is 8.88. The minimum atomic E-state index is -4.64. The van der Waals surface area contributed by atoms with E-state index in [2.05, 4.69) is 42.5 Å². The number of rotatable bonds is 0. The van der Waals surface area contributed by atoms with E-state index in [9.17, 15) is 0 Å². The molecule has 0 aromatic heterocycles. The number of fused-ring (bicyclic) bond motifs is 1. The third kappa shape index (κ3) is 6.93. The Bertz CT molecular complexity index is 511. The fourth-order valence-electron chi connectivity index (χ4n) is 1.39. The van der Waals surface area contributed by atoms with Gasteiger partial charge in [0.25, 0.3) is 0 Å². The first-order valence-corrected chi connectivity index (χ1v) is 7.17. The average molecular weight is 266 g/mol. The molecule has 2 aromatic rings. The van der Waals surface area contributed by atoms with E-state index in [-0.39, 0.29) is 5.48 Å². The van der Waals surface area contributed by atoms with Gasteiger partial charge in [0.15, 0.2) is 0 Å².